The van der Waals surface area contributed by atoms with E-state index in [1.165, 1.54) is 12.4 Å². The van der Waals surface area contributed by atoms with Gasteiger partial charge in [-0.25, -0.2) is 10.4 Å². The quantitative estimate of drug-likeness (QED) is 0.498. The minimum absolute atomic E-state index is 0.181. The second-order valence-electron chi connectivity index (χ2n) is 4.48. The largest absolute Gasteiger partial charge is 0.454 e. The molecule has 2 amide bonds. The fraction of sp³-hybridized carbons (Fsp3) is 0.0667. The van der Waals surface area contributed by atoms with Gasteiger partial charge in [0.25, 0.3) is 0 Å². The molecule has 3 rings (SSSR count). The predicted molar refractivity (Wildman–Crippen MR) is 81.2 cm³/mol. The molecule has 8 nitrogen and oxygen atoms in total. The van der Waals surface area contributed by atoms with Crippen molar-refractivity contribution in [1.82, 2.24) is 10.4 Å². The van der Waals surface area contributed by atoms with Crippen molar-refractivity contribution in [3.8, 4) is 11.5 Å². The second kappa shape index (κ2) is 6.56. The van der Waals surface area contributed by atoms with E-state index in [1.54, 1.807) is 36.4 Å². The molecule has 1 aromatic carbocycles. The average molecular weight is 312 g/mol. The smallest absolute Gasteiger partial charge is 0.329 e. The standard InChI is InChI=1S/C15H12N4O4/c20-14(18-13-3-1-2-6-16-13)15(21)19-17-8-10-4-5-11-12(7-10)23-9-22-11/h1-8H,9H2,(H,19,21)(H,16,18,20)/b17-8-. The van der Waals surface area contributed by atoms with Crippen LogP contribution in [0.25, 0.3) is 0 Å². The lowest BCUT2D eigenvalue weighted by atomic mass is 10.2. The second-order valence-corrected chi connectivity index (χ2v) is 4.48. The molecule has 0 spiro atoms. The molecular formula is C15H12N4O4. The molecule has 0 atom stereocenters. The lowest BCUT2D eigenvalue weighted by Crippen LogP contribution is -2.32. The van der Waals surface area contributed by atoms with Gasteiger partial charge in [-0.15, -0.1) is 0 Å². The predicted octanol–water partition coefficient (Wildman–Crippen LogP) is 0.899. The molecule has 0 saturated heterocycles. The van der Waals surface area contributed by atoms with Crippen LogP contribution in [-0.2, 0) is 9.59 Å². The number of aromatic nitrogens is 1. The van der Waals surface area contributed by atoms with Crippen molar-refractivity contribution < 1.29 is 19.1 Å². The zero-order chi connectivity index (χ0) is 16.1. The summed E-state index contributed by atoms with van der Waals surface area (Å²) in [6, 6.07) is 10.2. The maximum absolute atomic E-state index is 11.6. The summed E-state index contributed by atoms with van der Waals surface area (Å²) in [4.78, 5) is 27.1. The van der Waals surface area contributed by atoms with E-state index in [0.717, 1.165) is 0 Å². The van der Waals surface area contributed by atoms with Crippen LogP contribution in [0.1, 0.15) is 5.56 Å². The van der Waals surface area contributed by atoms with Crippen molar-refractivity contribution in [2.75, 3.05) is 12.1 Å². The third-order valence-corrected chi connectivity index (χ3v) is 2.89. The summed E-state index contributed by atoms with van der Waals surface area (Å²) in [5.74, 6) is -0.208. The van der Waals surface area contributed by atoms with Gasteiger partial charge in [0, 0.05) is 6.20 Å². The van der Waals surface area contributed by atoms with Crippen LogP contribution in [0.4, 0.5) is 5.82 Å². The van der Waals surface area contributed by atoms with E-state index in [9.17, 15) is 9.59 Å². The first kappa shape index (κ1) is 14.5. The van der Waals surface area contributed by atoms with Gasteiger partial charge in [-0.2, -0.15) is 5.10 Å². The third-order valence-electron chi connectivity index (χ3n) is 2.89. The lowest BCUT2D eigenvalue weighted by Gasteiger charge is -2.02. The Morgan fingerprint density at radius 2 is 2.00 bits per heavy atom. The molecule has 0 unspecified atom stereocenters. The maximum Gasteiger partial charge on any atom is 0.329 e. The zero-order valence-electron chi connectivity index (χ0n) is 11.9. The Kier molecular flexibility index (Phi) is 4.14. The van der Waals surface area contributed by atoms with Crippen molar-refractivity contribution in [3.05, 3.63) is 48.2 Å². The molecule has 2 heterocycles. The normalized spacial score (nSPS) is 12.2. The number of fused-ring (bicyclic) bond motifs is 1. The van der Waals surface area contributed by atoms with Gasteiger partial charge >= 0.3 is 11.8 Å². The Morgan fingerprint density at radius 3 is 2.83 bits per heavy atom. The number of hydrogen-bond donors (Lipinski definition) is 2. The van der Waals surface area contributed by atoms with E-state index < -0.39 is 11.8 Å². The number of ether oxygens (including phenoxy) is 2. The Bertz CT molecular complexity index is 761. The molecule has 2 N–H and O–H groups in total. The molecule has 1 aliphatic rings. The van der Waals surface area contributed by atoms with Crippen molar-refractivity contribution in [2.24, 2.45) is 5.10 Å². The molecule has 8 heteroatoms. The van der Waals surface area contributed by atoms with Gasteiger partial charge in [-0.3, -0.25) is 9.59 Å². The number of hydrazone groups is 1. The minimum atomic E-state index is -0.896. The molecule has 0 radical (unpaired) electrons. The van der Waals surface area contributed by atoms with E-state index in [-0.39, 0.29) is 12.6 Å². The number of pyridine rings is 1. The number of nitrogens with one attached hydrogen (secondary N) is 2. The third kappa shape index (κ3) is 3.62. The Morgan fingerprint density at radius 1 is 1.13 bits per heavy atom. The van der Waals surface area contributed by atoms with Crippen LogP contribution in [0.5, 0.6) is 11.5 Å². The summed E-state index contributed by atoms with van der Waals surface area (Å²) in [5.41, 5.74) is 2.83. The fourth-order valence-corrected chi connectivity index (χ4v) is 1.82. The first-order valence-electron chi connectivity index (χ1n) is 6.67. The summed E-state index contributed by atoms with van der Waals surface area (Å²) in [5, 5.41) is 6.08. The molecule has 0 bridgehead atoms. The van der Waals surface area contributed by atoms with E-state index in [4.69, 9.17) is 9.47 Å². The van der Waals surface area contributed by atoms with Crippen LogP contribution in [0.15, 0.2) is 47.7 Å². The van der Waals surface area contributed by atoms with Gasteiger partial charge in [0.1, 0.15) is 5.82 Å². The number of anilines is 1. The number of carbonyl (C=O) groups excluding carboxylic acids is 2. The van der Waals surface area contributed by atoms with Gasteiger partial charge in [-0.1, -0.05) is 6.07 Å². The number of rotatable bonds is 3. The summed E-state index contributed by atoms with van der Waals surface area (Å²) in [6.45, 7) is 0.181. The number of nitrogens with zero attached hydrogens (tertiary/aromatic N) is 2. The Hall–Kier alpha value is -3.42. The highest BCUT2D eigenvalue weighted by molar-refractivity contribution is 6.39. The van der Waals surface area contributed by atoms with Gasteiger partial charge in [0.2, 0.25) is 6.79 Å². The topological polar surface area (TPSA) is 102 Å². The molecule has 1 aromatic heterocycles. The highest BCUT2D eigenvalue weighted by Crippen LogP contribution is 2.31. The van der Waals surface area contributed by atoms with Crippen molar-refractivity contribution in [2.45, 2.75) is 0 Å². The van der Waals surface area contributed by atoms with Crippen LogP contribution >= 0.6 is 0 Å². The van der Waals surface area contributed by atoms with Crippen LogP contribution in [-0.4, -0.2) is 29.8 Å². The molecule has 23 heavy (non-hydrogen) atoms. The molecule has 1 aliphatic heterocycles. The van der Waals surface area contributed by atoms with E-state index >= 15 is 0 Å². The van der Waals surface area contributed by atoms with E-state index in [2.05, 4.69) is 20.8 Å². The Balaban J connectivity index is 1.55. The van der Waals surface area contributed by atoms with E-state index in [1.807, 2.05) is 0 Å². The Labute approximate surface area is 131 Å². The number of benzene rings is 1. The van der Waals surface area contributed by atoms with Crippen molar-refractivity contribution >= 4 is 23.8 Å². The first-order valence-corrected chi connectivity index (χ1v) is 6.67. The van der Waals surface area contributed by atoms with Crippen LogP contribution in [0, 0.1) is 0 Å². The molecular weight excluding hydrogens is 300 g/mol. The molecule has 116 valence electrons. The molecule has 0 saturated carbocycles. The number of hydrogen-bond acceptors (Lipinski definition) is 6. The SMILES string of the molecule is O=C(N/N=C\c1ccc2c(c1)OCO2)C(=O)Nc1ccccn1. The van der Waals surface area contributed by atoms with Gasteiger partial charge in [0.05, 0.1) is 6.21 Å². The molecule has 0 fully saturated rings. The van der Waals surface area contributed by atoms with Gasteiger partial charge in [0.15, 0.2) is 11.5 Å². The molecule has 0 aliphatic carbocycles. The summed E-state index contributed by atoms with van der Waals surface area (Å²) < 4.78 is 10.4. The van der Waals surface area contributed by atoms with Crippen molar-refractivity contribution in [1.29, 1.82) is 0 Å². The summed E-state index contributed by atoms with van der Waals surface area (Å²) in [7, 11) is 0. The monoisotopic (exact) mass is 312 g/mol. The van der Waals surface area contributed by atoms with Crippen LogP contribution < -0.4 is 20.2 Å². The highest BCUT2D eigenvalue weighted by Gasteiger charge is 2.14. The van der Waals surface area contributed by atoms with Crippen molar-refractivity contribution in [3.63, 3.8) is 0 Å². The van der Waals surface area contributed by atoms with Gasteiger partial charge in [-0.05, 0) is 35.9 Å². The number of carbonyl (C=O) groups is 2. The zero-order valence-corrected chi connectivity index (χ0v) is 11.9. The molecule has 2 aromatic rings. The van der Waals surface area contributed by atoms with E-state index in [0.29, 0.717) is 17.1 Å². The summed E-state index contributed by atoms with van der Waals surface area (Å²) >= 11 is 0. The maximum atomic E-state index is 11.6. The van der Waals surface area contributed by atoms with Crippen LogP contribution in [0.3, 0.4) is 0 Å². The minimum Gasteiger partial charge on any atom is -0.454 e. The van der Waals surface area contributed by atoms with Crippen LogP contribution in [0.2, 0.25) is 0 Å². The fourth-order valence-electron chi connectivity index (χ4n) is 1.82. The number of amides is 2. The summed E-state index contributed by atoms with van der Waals surface area (Å²) in [6.07, 6.45) is 2.90. The lowest BCUT2D eigenvalue weighted by molar-refractivity contribution is -0.136. The average Bonchev–Trinajstić information content (AvgIpc) is 3.03. The van der Waals surface area contributed by atoms with Gasteiger partial charge < -0.3 is 14.8 Å². The first-order chi connectivity index (χ1) is 11.2. The highest BCUT2D eigenvalue weighted by atomic mass is 16.7.